The van der Waals surface area contributed by atoms with Crippen molar-refractivity contribution in [2.24, 2.45) is 13.0 Å². The lowest BCUT2D eigenvalue weighted by Gasteiger charge is -1.96. The largest absolute Gasteiger partial charge is 0.396 e. The lowest BCUT2D eigenvalue weighted by molar-refractivity contribution is 0.274. The summed E-state index contributed by atoms with van der Waals surface area (Å²) in [6.45, 7) is 2.45. The van der Waals surface area contributed by atoms with Crippen molar-refractivity contribution in [3.8, 4) is 0 Å². The smallest absolute Gasteiger partial charge is 0.0656 e. The van der Waals surface area contributed by atoms with E-state index >= 15 is 0 Å². The molecule has 2 rings (SSSR count). The van der Waals surface area contributed by atoms with Gasteiger partial charge in [0.2, 0.25) is 0 Å². The minimum atomic E-state index is 0.322. The number of aliphatic hydroxyl groups is 1. The summed E-state index contributed by atoms with van der Waals surface area (Å²) < 4.78 is 1.88. The van der Waals surface area contributed by atoms with Gasteiger partial charge in [-0.15, -0.1) is 0 Å². The van der Waals surface area contributed by atoms with E-state index in [4.69, 9.17) is 5.11 Å². The van der Waals surface area contributed by atoms with Crippen molar-refractivity contribution < 1.29 is 5.11 Å². The Balaban J connectivity index is 2.20. The first-order valence-corrected chi connectivity index (χ1v) is 4.89. The van der Waals surface area contributed by atoms with Gasteiger partial charge in [-0.3, -0.25) is 4.68 Å². The SMILES string of the molecule is CCc1nn(C)cc1C1CC1CO. The van der Waals surface area contributed by atoms with Crippen LogP contribution in [0.4, 0.5) is 0 Å². The molecule has 3 nitrogen and oxygen atoms in total. The number of aromatic nitrogens is 2. The van der Waals surface area contributed by atoms with Gasteiger partial charge in [0, 0.05) is 19.9 Å². The maximum Gasteiger partial charge on any atom is 0.0656 e. The third kappa shape index (κ3) is 1.48. The Kier molecular flexibility index (Phi) is 2.12. The van der Waals surface area contributed by atoms with Gasteiger partial charge in [-0.2, -0.15) is 5.10 Å². The molecule has 1 aromatic heterocycles. The minimum absolute atomic E-state index is 0.322. The van der Waals surface area contributed by atoms with Crippen LogP contribution in [0.2, 0.25) is 0 Å². The quantitative estimate of drug-likeness (QED) is 0.755. The van der Waals surface area contributed by atoms with Gasteiger partial charge >= 0.3 is 0 Å². The summed E-state index contributed by atoms with van der Waals surface area (Å²) in [4.78, 5) is 0. The van der Waals surface area contributed by atoms with Crippen LogP contribution in [0.15, 0.2) is 6.20 Å². The molecule has 1 aliphatic carbocycles. The van der Waals surface area contributed by atoms with Crippen LogP contribution >= 0.6 is 0 Å². The molecule has 1 saturated carbocycles. The second-order valence-corrected chi connectivity index (χ2v) is 3.84. The zero-order valence-electron chi connectivity index (χ0n) is 8.20. The molecule has 0 radical (unpaired) electrons. The predicted molar refractivity (Wildman–Crippen MR) is 50.5 cm³/mol. The molecule has 2 unspecified atom stereocenters. The molecule has 1 fully saturated rings. The van der Waals surface area contributed by atoms with E-state index in [9.17, 15) is 0 Å². The summed E-state index contributed by atoms with van der Waals surface area (Å²) in [7, 11) is 1.96. The van der Waals surface area contributed by atoms with Gasteiger partial charge in [0.05, 0.1) is 5.69 Å². The summed E-state index contributed by atoms with van der Waals surface area (Å²) in [5, 5.41) is 13.4. The number of hydrogen-bond acceptors (Lipinski definition) is 2. The average molecular weight is 180 g/mol. The van der Waals surface area contributed by atoms with Crippen molar-refractivity contribution in [2.45, 2.75) is 25.7 Å². The predicted octanol–water partition coefficient (Wildman–Crippen LogP) is 1.08. The first-order valence-electron chi connectivity index (χ1n) is 4.89. The van der Waals surface area contributed by atoms with E-state index in [1.54, 1.807) is 0 Å². The molecule has 13 heavy (non-hydrogen) atoms. The highest BCUT2D eigenvalue weighted by atomic mass is 16.3. The van der Waals surface area contributed by atoms with Crippen LogP contribution in [0.5, 0.6) is 0 Å². The molecule has 1 N–H and O–H groups in total. The van der Waals surface area contributed by atoms with Gasteiger partial charge in [-0.1, -0.05) is 6.92 Å². The van der Waals surface area contributed by atoms with Crippen LogP contribution in [0.3, 0.4) is 0 Å². The molecule has 0 aliphatic heterocycles. The average Bonchev–Trinajstić information content (AvgIpc) is 2.82. The fraction of sp³-hybridized carbons (Fsp3) is 0.700. The number of aliphatic hydroxyl groups excluding tert-OH is 1. The molecule has 3 heteroatoms. The molecule has 1 heterocycles. The third-order valence-electron chi connectivity index (χ3n) is 2.83. The zero-order chi connectivity index (χ0) is 9.42. The minimum Gasteiger partial charge on any atom is -0.396 e. The Labute approximate surface area is 78.4 Å². The van der Waals surface area contributed by atoms with Crippen LogP contribution in [-0.4, -0.2) is 21.5 Å². The maximum absolute atomic E-state index is 8.98. The number of rotatable bonds is 3. The molecular formula is C10H16N2O. The Morgan fingerprint density at radius 2 is 2.46 bits per heavy atom. The van der Waals surface area contributed by atoms with E-state index in [2.05, 4.69) is 18.2 Å². The number of aryl methyl sites for hydroxylation is 2. The highest BCUT2D eigenvalue weighted by molar-refractivity contribution is 5.28. The summed E-state index contributed by atoms with van der Waals surface area (Å²) in [5.74, 6) is 1.07. The Morgan fingerprint density at radius 1 is 1.69 bits per heavy atom. The second-order valence-electron chi connectivity index (χ2n) is 3.84. The fourth-order valence-electron chi connectivity index (χ4n) is 1.97. The van der Waals surface area contributed by atoms with Crippen LogP contribution < -0.4 is 0 Å². The highest BCUT2D eigenvalue weighted by Gasteiger charge is 2.39. The van der Waals surface area contributed by atoms with E-state index in [0.717, 1.165) is 12.8 Å². The standard InChI is InChI=1S/C10H16N2O/c1-3-10-9(5-12(2)11-10)8-4-7(8)6-13/h5,7-8,13H,3-4,6H2,1-2H3. The zero-order valence-corrected chi connectivity index (χ0v) is 8.20. The van der Waals surface area contributed by atoms with Crippen LogP contribution in [0, 0.1) is 5.92 Å². The lowest BCUT2D eigenvalue weighted by Crippen LogP contribution is -1.91. The van der Waals surface area contributed by atoms with Crippen molar-refractivity contribution in [1.29, 1.82) is 0 Å². The first kappa shape index (κ1) is 8.75. The van der Waals surface area contributed by atoms with Gasteiger partial charge in [0.15, 0.2) is 0 Å². The Bertz CT molecular complexity index is 306. The fourth-order valence-corrected chi connectivity index (χ4v) is 1.97. The maximum atomic E-state index is 8.98. The lowest BCUT2D eigenvalue weighted by atomic mass is 10.1. The molecule has 0 saturated heterocycles. The van der Waals surface area contributed by atoms with E-state index < -0.39 is 0 Å². The third-order valence-corrected chi connectivity index (χ3v) is 2.83. The van der Waals surface area contributed by atoms with Crippen LogP contribution in [0.1, 0.15) is 30.5 Å². The van der Waals surface area contributed by atoms with Crippen molar-refractivity contribution in [2.75, 3.05) is 6.61 Å². The van der Waals surface area contributed by atoms with Crippen molar-refractivity contribution in [3.05, 3.63) is 17.5 Å². The Morgan fingerprint density at radius 3 is 3.00 bits per heavy atom. The van der Waals surface area contributed by atoms with Crippen molar-refractivity contribution in [1.82, 2.24) is 9.78 Å². The molecule has 0 amide bonds. The molecule has 1 aromatic rings. The summed E-state index contributed by atoms with van der Waals surface area (Å²) in [6.07, 6.45) is 4.22. The monoisotopic (exact) mass is 180 g/mol. The van der Waals surface area contributed by atoms with Gasteiger partial charge in [-0.05, 0) is 30.2 Å². The molecule has 2 atom stereocenters. The van der Waals surface area contributed by atoms with E-state index in [1.165, 1.54) is 11.3 Å². The first-order chi connectivity index (χ1) is 6.26. The normalized spacial score (nSPS) is 26.4. The van der Waals surface area contributed by atoms with Crippen LogP contribution in [0.25, 0.3) is 0 Å². The topological polar surface area (TPSA) is 38.0 Å². The summed E-state index contributed by atoms with van der Waals surface area (Å²) in [6, 6.07) is 0. The van der Waals surface area contributed by atoms with Crippen molar-refractivity contribution >= 4 is 0 Å². The molecule has 0 aromatic carbocycles. The van der Waals surface area contributed by atoms with Crippen molar-refractivity contribution in [3.63, 3.8) is 0 Å². The molecule has 0 spiro atoms. The molecular weight excluding hydrogens is 164 g/mol. The van der Waals surface area contributed by atoms with Gasteiger partial charge < -0.3 is 5.11 Å². The van der Waals surface area contributed by atoms with Crippen LogP contribution in [-0.2, 0) is 13.5 Å². The Hall–Kier alpha value is -0.830. The van der Waals surface area contributed by atoms with E-state index in [-0.39, 0.29) is 0 Å². The molecule has 1 aliphatic rings. The molecule has 72 valence electrons. The van der Waals surface area contributed by atoms with Gasteiger partial charge in [0.1, 0.15) is 0 Å². The van der Waals surface area contributed by atoms with Gasteiger partial charge in [-0.25, -0.2) is 0 Å². The summed E-state index contributed by atoms with van der Waals surface area (Å²) in [5.41, 5.74) is 2.55. The highest BCUT2D eigenvalue weighted by Crippen LogP contribution is 2.47. The van der Waals surface area contributed by atoms with E-state index in [0.29, 0.717) is 18.4 Å². The second kappa shape index (κ2) is 3.14. The summed E-state index contributed by atoms with van der Waals surface area (Å²) >= 11 is 0. The van der Waals surface area contributed by atoms with Gasteiger partial charge in [0.25, 0.3) is 0 Å². The number of nitrogens with zero attached hydrogens (tertiary/aromatic N) is 2. The number of hydrogen-bond donors (Lipinski definition) is 1. The van der Waals surface area contributed by atoms with E-state index in [1.807, 2.05) is 11.7 Å². The molecule has 0 bridgehead atoms.